The summed E-state index contributed by atoms with van der Waals surface area (Å²) in [4.78, 5) is 60.6. The Morgan fingerprint density at radius 2 is 1.80 bits per heavy atom. The first-order chi connectivity index (χ1) is 18.9. The first kappa shape index (κ1) is 30.8. The number of carbonyl (C=O) groups excluding carboxylic acids is 5. The van der Waals surface area contributed by atoms with Gasteiger partial charge in [0.2, 0.25) is 11.7 Å². The van der Waals surface area contributed by atoms with Crippen LogP contribution in [0.5, 0.6) is 0 Å². The van der Waals surface area contributed by atoms with Gasteiger partial charge in [-0.15, -0.1) is 0 Å². The van der Waals surface area contributed by atoms with Gasteiger partial charge in [-0.1, -0.05) is 68.7 Å². The van der Waals surface area contributed by atoms with Crippen LogP contribution in [0.25, 0.3) is 0 Å². The second-order valence-electron chi connectivity index (χ2n) is 10.6. The lowest BCUT2D eigenvalue weighted by Gasteiger charge is -2.23. The molecule has 1 heterocycles. The quantitative estimate of drug-likeness (QED) is 0.147. The normalized spacial score (nSPS) is 26.5. The van der Waals surface area contributed by atoms with Crippen LogP contribution in [0.15, 0.2) is 71.5 Å². The number of epoxide rings is 1. The molecule has 1 unspecified atom stereocenters. The van der Waals surface area contributed by atoms with Crippen molar-refractivity contribution in [3.8, 4) is 0 Å². The van der Waals surface area contributed by atoms with Crippen molar-refractivity contribution in [2.24, 2.45) is 5.92 Å². The van der Waals surface area contributed by atoms with E-state index in [9.17, 15) is 29.1 Å². The maximum absolute atomic E-state index is 12.8. The van der Waals surface area contributed by atoms with Crippen LogP contribution >= 0.6 is 0 Å². The van der Waals surface area contributed by atoms with Gasteiger partial charge in [-0.25, -0.2) is 0 Å². The Bertz CT molecular complexity index is 1220. The van der Waals surface area contributed by atoms with Gasteiger partial charge in [0.05, 0.1) is 5.70 Å². The van der Waals surface area contributed by atoms with E-state index in [1.165, 1.54) is 36.5 Å². The Morgan fingerprint density at radius 3 is 2.48 bits per heavy atom. The van der Waals surface area contributed by atoms with Crippen LogP contribution in [-0.2, 0) is 28.7 Å². The molecular formula is C31H38N2O7. The standard InChI is InChI=1S/C31H38N2O7/c1-5-6-11-19(2)16-20(3)17-21(4)30(38)32-22-18-31(39,29-28(40-29)27(22)37)15-10-8-7-9-12-25(36)33-26-23(34)13-14-24(26)35/h7-10,12,15-19,26,28-29,39H,5-6,11,13-14H2,1-4H3,(H,32,38)(H,33,36)/t19-,28?,29-,31+/m1/s1. The van der Waals surface area contributed by atoms with E-state index in [4.69, 9.17) is 4.74 Å². The maximum Gasteiger partial charge on any atom is 0.251 e. The number of ketones is 3. The highest BCUT2D eigenvalue weighted by Gasteiger charge is 2.59. The van der Waals surface area contributed by atoms with Crippen LogP contribution in [0.2, 0.25) is 0 Å². The molecule has 2 aliphatic carbocycles. The SMILES string of the molecule is CCCC[C@@H](C)C=C(C)C=C(C)C(=O)NC1=C[C@@](O)(C=CC=CC=CC(=O)NC2C(=O)CCC2=O)[C@@H]2OC2C1=O. The molecule has 0 radical (unpaired) electrons. The maximum atomic E-state index is 12.8. The molecule has 40 heavy (non-hydrogen) atoms. The zero-order valence-electron chi connectivity index (χ0n) is 23.4. The third-order valence-electron chi connectivity index (χ3n) is 6.95. The zero-order chi connectivity index (χ0) is 29.4. The number of hydrogen-bond acceptors (Lipinski definition) is 7. The summed E-state index contributed by atoms with van der Waals surface area (Å²) < 4.78 is 5.38. The number of hydrogen-bond donors (Lipinski definition) is 3. The number of amides is 2. The largest absolute Gasteiger partial charge is 0.379 e. The molecule has 214 valence electrons. The third-order valence-corrected chi connectivity index (χ3v) is 6.95. The van der Waals surface area contributed by atoms with Gasteiger partial charge >= 0.3 is 0 Å². The van der Waals surface area contributed by atoms with E-state index in [1.54, 1.807) is 19.1 Å². The number of ether oxygens (including phenoxy) is 1. The summed E-state index contributed by atoms with van der Waals surface area (Å²) in [6.07, 6.45) is 15.9. The summed E-state index contributed by atoms with van der Waals surface area (Å²) in [5, 5.41) is 16.1. The molecule has 0 aromatic carbocycles. The van der Waals surface area contributed by atoms with Gasteiger partial charge in [0, 0.05) is 24.5 Å². The molecule has 0 bridgehead atoms. The third kappa shape index (κ3) is 8.16. The molecular weight excluding hydrogens is 512 g/mol. The van der Waals surface area contributed by atoms with Crippen molar-refractivity contribution in [2.45, 2.75) is 83.6 Å². The minimum absolute atomic E-state index is 0.0295. The minimum Gasteiger partial charge on any atom is -0.379 e. The molecule has 2 amide bonds. The first-order valence-electron chi connectivity index (χ1n) is 13.7. The summed E-state index contributed by atoms with van der Waals surface area (Å²) in [6, 6.07) is -1.07. The number of aliphatic hydroxyl groups is 1. The van der Waals surface area contributed by atoms with Crippen molar-refractivity contribution < 1.29 is 33.8 Å². The summed E-state index contributed by atoms with van der Waals surface area (Å²) >= 11 is 0. The molecule has 3 N–H and O–H groups in total. The van der Waals surface area contributed by atoms with Crippen molar-refractivity contribution in [1.29, 1.82) is 0 Å². The van der Waals surface area contributed by atoms with Crippen LogP contribution in [0, 0.1) is 5.92 Å². The van der Waals surface area contributed by atoms with Gasteiger partial charge in [0.15, 0.2) is 17.7 Å². The Hall–Kier alpha value is -3.69. The van der Waals surface area contributed by atoms with E-state index < -0.39 is 41.4 Å². The number of carbonyl (C=O) groups is 5. The Morgan fingerprint density at radius 1 is 1.12 bits per heavy atom. The highest BCUT2D eigenvalue weighted by molar-refractivity contribution is 6.14. The van der Waals surface area contributed by atoms with E-state index in [1.807, 2.05) is 6.92 Å². The second kappa shape index (κ2) is 13.6. The number of Topliss-reactive ketones (excluding diaryl/α,β-unsaturated/α-hetero) is 3. The van der Waals surface area contributed by atoms with Gasteiger partial charge in [0.1, 0.15) is 17.7 Å². The fraction of sp³-hybridized carbons (Fsp3) is 0.452. The van der Waals surface area contributed by atoms with Crippen LogP contribution in [0.1, 0.15) is 59.8 Å². The minimum atomic E-state index is -1.61. The van der Waals surface area contributed by atoms with Crippen LogP contribution in [0.3, 0.4) is 0 Å². The molecule has 1 saturated heterocycles. The zero-order valence-corrected chi connectivity index (χ0v) is 23.4. The molecule has 1 saturated carbocycles. The van der Waals surface area contributed by atoms with Gasteiger partial charge in [-0.3, -0.25) is 24.0 Å². The summed E-state index contributed by atoms with van der Waals surface area (Å²) in [7, 11) is 0. The molecule has 1 aliphatic heterocycles. The van der Waals surface area contributed by atoms with Crippen molar-refractivity contribution in [3.05, 3.63) is 71.5 Å². The Balaban J connectivity index is 1.59. The van der Waals surface area contributed by atoms with Crippen LogP contribution in [0.4, 0.5) is 0 Å². The fourth-order valence-corrected chi connectivity index (χ4v) is 4.72. The van der Waals surface area contributed by atoms with Gasteiger partial charge in [-0.05, 0) is 38.3 Å². The number of rotatable bonds is 12. The lowest BCUT2D eigenvalue weighted by Crippen LogP contribution is -2.42. The van der Waals surface area contributed by atoms with Crippen molar-refractivity contribution >= 4 is 29.2 Å². The van der Waals surface area contributed by atoms with E-state index in [-0.39, 0.29) is 30.1 Å². The van der Waals surface area contributed by atoms with Crippen molar-refractivity contribution in [2.75, 3.05) is 0 Å². The lowest BCUT2D eigenvalue weighted by molar-refractivity contribution is -0.129. The molecule has 9 heteroatoms. The number of nitrogens with one attached hydrogen (secondary N) is 2. The van der Waals surface area contributed by atoms with Crippen molar-refractivity contribution in [1.82, 2.24) is 10.6 Å². The molecule has 4 atom stereocenters. The topological polar surface area (TPSA) is 142 Å². The molecule has 0 spiro atoms. The van der Waals surface area contributed by atoms with E-state index >= 15 is 0 Å². The van der Waals surface area contributed by atoms with Gasteiger partial charge in [-0.2, -0.15) is 0 Å². The van der Waals surface area contributed by atoms with E-state index in [2.05, 4.69) is 30.6 Å². The molecule has 0 aromatic rings. The molecule has 0 aromatic heterocycles. The van der Waals surface area contributed by atoms with Gasteiger partial charge < -0.3 is 20.5 Å². The van der Waals surface area contributed by atoms with Crippen molar-refractivity contribution in [3.63, 3.8) is 0 Å². The molecule has 2 fully saturated rings. The van der Waals surface area contributed by atoms with E-state index in [0.29, 0.717) is 11.5 Å². The highest BCUT2D eigenvalue weighted by atomic mass is 16.6. The van der Waals surface area contributed by atoms with Gasteiger partial charge in [0.25, 0.3) is 5.91 Å². The predicted octanol–water partition coefficient (Wildman–Crippen LogP) is 2.87. The average Bonchev–Trinajstić information content (AvgIpc) is 3.66. The molecule has 3 aliphatic rings. The smallest absolute Gasteiger partial charge is 0.251 e. The average molecular weight is 551 g/mol. The first-order valence-corrected chi connectivity index (χ1v) is 13.7. The van der Waals surface area contributed by atoms with Crippen LogP contribution in [-0.4, -0.2) is 58.1 Å². The highest BCUT2D eigenvalue weighted by Crippen LogP contribution is 2.40. The Kier molecular flexibility index (Phi) is 10.5. The lowest BCUT2D eigenvalue weighted by atomic mass is 9.88. The predicted molar refractivity (Wildman–Crippen MR) is 150 cm³/mol. The number of fused-ring (bicyclic) bond motifs is 1. The molecule has 3 rings (SSSR count). The summed E-state index contributed by atoms with van der Waals surface area (Å²) in [5.41, 5.74) is -0.247. The summed E-state index contributed by atoms with van der Waals surface area (Å²) in [6.45, 7) is 7.89. The fourth-order valence-electron chi connectivity index (χ4n) is 4.72. The number of allylic oxidation sites excluding steroid dienone is 7. The molecule has 9 nitrogen and oxygen atoms in total. The number of unbranched alkanes of at least 4 members (excludes halogenated alkanes) is 1. The Labute approximate surface area is 234 Å². The second-order valence-corrected chi connectivity index (χ2v) is 10.6. The van der Waals surface area contributed by atoms with Crippen LogP contribution < -0.4 is 10.6 Å². The monoisotopic (exact) mass is 550 g/mol. The van der Waals surface area contributed by atoms with E-state index in [0.717, 1.165) is 24.8 Å². The summed E-state index contributed by atoms with van der Waals surface area (Å²) in [5.74, 6) is -1.59.